The van der Waals surface area contributed by atoms with E-state index in [1.807, 2.05) is 0 Å². The third-order valence-electron chi connectivity index (χ3n) is 3.92. The fourth-order valence-electron chi connectivity index (χ4n) is 5.11. The van der Waals surface area contributed by atoms with Crippen LogP contribution in [0.15, 0.2) is 0 Å². The van der Waals surface area contributed by atoms with Crippen LogP contribution in [0, 0.1) is 0 Å². The fraction of sp³-hybridized carbons (Fsp3) is 1.00. The van der Waals surface area contributed by atoms with Crippen molar-refractivity contribution < 1.29 is 0 Å². The molecule has 0 atom stereocenters. The van der Waals surface area contributed by atoms with Gasteiger partial charge in [-0.25, -0.2) is 0 Å². The van der Waals surface area contributed by atoms with Crippen molar-refractivity contribution in [3.05, 3.63) is 0 Å². The van der Waals surface area contributed by atoms with Gasteiger partial charge in [0.05, 0.1) is 0 Å². The molecular formula is C22H50P2. The summed E-state index contributed by atoms with van der Waals surface area (Å²) in [4.78, 5) is 0. The molecule has 0 nitrogen and oxygen atoms in total. The quantitative estimate of drug-likeness (QED) is 0.422. The molecule has 0 rings (SSSR count). The van der Waals surface area contributed by atoms with Gasteiger partial charge in [-0.05, 0) is 31.9 Å². The summed E-state index contributed by atoms with van der Waals surface area (Å²) in [6, 6.07) is 0. The molecule has 148 valence electrons. The van der Waals surface area contributed by atoms with Gasteiger partial charge in [-0.3, -0.25) is 0 Å². The van der Waals surface area contributed by atoms with Gasteiger partial charge in [0.25, 0.3) is 0 Å². The van der Waals surface area contributed by atoms with Gasteiger partial charge < -0.3 is 0 Å². The van der Waals surface area contributed by atoms with Crippen molar-refractivity contribution in [2.24, 2.45) is 0 Å². The molecule has 2 heteroatoms. The van der Waals surface area contributed by atoms with Crippen LogP contribution in [0.3, 0.4) is 0 Å². The molecule has 24 heavy (non-hydrogen) atoms. The monoisotopic (exact) mass is 376 g/mol. The molecule has 0 aromatic heterocycles. The first kappa shape index (κ1) is 27.1. The van der Waals surface area contributed by atoms with Gasteiger partial charge in [0.15, 0.2) is 0 Å². The highest BCUT2D eigenvalue weighted by atomic mass is 31.1. The highest BCUT2D eigenvalue weighted by Gasteiger charge is 2.36. The zero-order valence-electron chi connectivity index (χ0n) is 20.0. The average Bonchev–Trinajstić information content (AvgIpc) is 2.03. The molecule has 0 aliphatic heterocycles. The maximum absolute atomic E-state index is 2.38. The number of rotatable bonds is 2. The predicted molar refractivity (Wildman–Crippen MR) is 123 cm³/mol. The number of hydrogen-bond donors (Lipinski definition) is 0. The zero-order valence-corrected chi connectivity index (χ0v) is 21.8. The SMILES string of the molecule is CC(C)P(C(C)(C)C)C(C)(C)C.CC(C)P(C(C)(C)C)C(C)(C)C. The van der Waals surface area contributed by atoms with E-state index in [1.165, 1.54) is 0 Å². The summed E-state index contributed by atoms with van der Waals surface area (Å²) in [5, 5.41) is 1.95. The lowest BCUT2D eigenvalue weighted by atomic mass is 10.2. The third kappa shape index (κ3) is 10.1. The minimum Gasteiger partial charge on any atom is -0.0930 e. The van der Waals surface area contributed by atoms with E-state index < -0.39 is 0 Å². The first-order valence-corrected chi connectivity index (χ1v) is 12.5. The second kappa shape index (κ2) is 9.18. The highest BCUT2D eigenvalue weighted by molar-refractivity contribution is 7.61. The Morgan fingerprint density at radius 3 is 0.500 bits per heavy atom. The normalized spacial score (nSPS) is 14.5. The van der Waals surface area contributed by atoms with Crippen molar-refractivity contribution in [2.75, 3.05) is 0 Å². The Morgan fingerprint density at radius 1 is 0.375 bits per heavy atom. The largest absolute Gasteiger partial charge is 0.0930 e. The van der Waals surface area contributed by atoms with E-state index in [9.17, 15) is 0 Å². The van der Waals surface area contributed by atoms with E-state index in [2.05, 4.69) is 111 Å². The van der Waals surface area contributed by atoms with Crippen LogP contribution in [0.2, 0.25) is 0 Å². The van der Waals surface area contributed by atoms with E-state index in [0.29, 0.717) is 20.6 Å². The lowest BCUT2D eigenvalue weighted by Gasteiger charge is -2.44. The molecule has 0 radical (unpaired) electrons. The standard InChI is InChI=1S/2C11H25P/c2*1-9(2)12(10(3,4)5)11(6,7)8/h2*9H,1-8H3. The Kier molecular flexibility index (Phi) is 10.4. The topological polar surface area (TPSA) is 0 Å². The van der Waals surface area contributed by atoms with Crippen molar-refractivity contribution in [3.63, 3.8) is 0 Å². The van der Waals surface area contributed by atoms with Gasteiger partial charge in [-0.15, -0.1) is 0 Å². The molecule has 0 aromatic rings. The van der Waals surface area contributed by atoms with E-state index >= 15 is 0 Å². The molecule has 0 bridgehead atoms. The minimum absolute atomic E-state index is 0.0983. The summed E-state index contributed by atoms with van der Waals surface area (Å²) in [6.07, 6.45) is 0. The van der Waals surface area contributed by atoms with Crippen LogP contribution < -0.4 is 0 Å². The molecule has 0 aliphatic carbocycles. The Balaban J connectivity index is 0. The van der Waals surface area contributed by atoms with Gasteiger partial charge in [-0.1, -0.05) is 127 Å². The first-order valence-electron chi connectivity index (χ1n) is 9.72. The van der Waals surface area contributed by atoms with E-state index in [4.69, 9.17) is 0 Å². The van der Waals surface area contributed by atoms with Gasteiger partial charge >= 0.3 is 0 Å². The van der Waals surface area contributed by atoms with Crippen LogP contribution in [-0.2, 0) is 0 Å². The van der Waals surface area contributed by atoms with Crippen molar-refractivity contribution in [3.8, 4) is 0 Å². The van der Waals surface area contributed by atoms with Crippen LogP contribution in [0.1, 0.15) is 111 Å². The molecular weight excluding hydrogens is 326 g/mol. The van der Waals surface area contributed by atoms with Crippen molar-refractivity contribution in [2.45, 2.75) is 143 Å². The molecule has 0 fully saturated rings. The first-order chi connectivity index (χ1) is 10.1. The predicted octanol–water partition coefficient (Wildman–Crippen LogP) is 8.95. The zero-order chi connectivity index (χ0) is 20.3. The van der Waals surface area contributed by atoms with E-state index in [0.717, 1.165) is 11.3 Å². The average molecular weight is 377 g/mol. The summed E-state index contributed by atoms with van der Waals surface area (Å²) >= 11 is 0. The number of hydrogen-bond acceptors (Lipinski definition) is 0. The molecule has 0 aliphatic rings. The van der Waals surface area contributed by atoms with Crippen LogP contribution in [0.25, 0.3) is 0 Å². The second-order valence-electron chi connectivity index (χ2n) is 11.6. The van der Waals surface area contributed by atoms with E-state index in [-0.39, 0.29) is 15.8 Å². The van der Waals surface area contributed by atoms with Crippen molar-refractivity contribution >= 4 is 15.8 Å². The maximum Gasteiger partial charge on any atom is -0.0172 e. The van der Waals surface area contributed by atoms with Crippen molar-refractivity contribution in [1.82, 2.24) is 0 Å². The van der Waals surface area contributed by atoms with Gasteiger partial charge in [-0.2, -0.15) is 0 Å². The van der Waals surface area contributed by atoms with Crippen molar-refractivity contribution in [1.29, 1.82) is 0 Å². The Hall–Kier alpha value is 0.860. The van der Waals surface area contributed by atoms with Gasteiger partial charge in [0.2, 0.25) is 0 Å². The molecule has 0 spiro atoms. The minimum atomic E-state index is 0.0983. The van der Waals surface area contributed by atoms with Gasteiger partial charge in [0, 0.05) is 0 Å². The molecule has 0 saturated heterocycles. The van der Waals surface area contributed by atoms with Crippen LogP contribution in [-0.4, -0.2) is 31.9 Å². The second-order valence-corrected chi connectivity index (χ2v) is 20.5. The summed E-state index contributed by atoms with van der Waals surface area (Å²) < 4.78 is 0. The third-order valence-corrected chi connectivity index (χ3v) is 11.8. The van der Waals surface area contributed by atoms with Crippen LogP contribution in [0.5, 0.6) is 0 Å². The smallest absolute Gasteiger partial charge is 0.0172 e. The Labute approximate surface area is 158 Å². The fourth-order valence-corrected chi connectivity index (χ4v) is 15.3. The lowest BCUT2D eigenvalue weighted by Crippen LogP contribution is -2.29. The maximum atomic E-state index is 2.38. The van der Waals surface area contributed by atoms with Gasteiger partial charge in [0.1, 0.15) is 0 Å². The Bertz CT molecular complexity index is 276. The molecule has 0 amide bonds. The lowest BCUT2D eigenvalue weighted by molar-refractivity contribution is 0.691. The summed E-state index contributed by atoms with van der Waals surface area (Å²) in [5.74, 6) is 0. The summed E-state index contributed by atoms with van der Waals surface area (Å²) in [6.45, 7) is 38.0. The summed E-state index contributed by atoms with van der Waals surface area (Å²) in [7, 11) is 0.197. The molecule has 0 aromatic carbocycles. The summed E-state index contributed by atoms with van der Waals surface area (Å²) in [5.41, 5.74) is 1.67. The molecule has 0 saturated carbocycles. The molecule has 0 heterocycles. The molecule has 0 N–H and O–H groups in total. The molecule has 0 unspecified atom stereocenters. The highest BCUT2D eigenvalue weighted by Crippen LogP contribution is 2.62. The van der Waals surface area contributed by atoms with Crippen LogP contribution in [0.4, 0.5) is 0 Å². The van der Waals surface area contributed by atoms with E-state index in [1.54, 1.807) is 0 Å². The Morgan fingerprint density at radius 2 is 0.500 bits per heavy atom. The van der Waals surface area contributed by atoms with Crippen LogP contribution >= 0.6 is 15.8 Å².